The van der Waals surface area contributed by atoms with Gasteiger partial charge in [-0.05, 0) is 41.3 Å². The molecule has 1 aromatic heterocycles. The second-order valence-electron chi connectivity index (χ2n) is 10.00. The normalized spacial score (nSPS) is 17.6. The summed E-state index contributed by atoms with van der Waals surface area (Å²) >= 11 is 0. The van der Waals surface area contributed by atoms with Gasteiger partial charge in [0.15, 0.2) is 0 Å². The van der Waals surface area contributed by atoms with Gasteiger partial charge in [-0.3, -0.25) is 4.90 Å². The third-order valence-electron chi connectivity index (χ3n) is 6.46. The summed E-state index contributed by atoms with van der Waals surface area (Å²) in [6.45, 7) is 12.2. The summed E-state index contributed by atoms with van der Waals surface area (Å²) in [5, 5.41) is 7.64. The van der Waals surface area contributed by atoms with Crippen LogP contribution >= 0.6 is 0 Å². The van der Waals surface area contributed by atoms with Crippen LogP contribution in [0, 0.1) is 11.6 Å². The van der Waals surface area contributed by atoms with Crippen LogP contribution in [0.15, 0.2) is 42.7 Å². The number of aromatic nitrogens is 3. The number of piperazine rings is 1. The van der Waals surface area contributed by atoms with Crippen molar-refractivity contribution in [3.8, 4) is 5.69 Å². The van der Waals surface area contributed by atoms with Gasteiger partial charge in [0.2, 0.25) is 5.95 Å². The van der Waals surface area contributed by atoms with Crippen LogP contribution in [0.4, 0.5) is 26.1 Å². The first-order valence-corrected chi connectivity index (χ1v) is 11.6. The van der Waals surface area contributed by atoms with Crippen LogP contribution in [0.1, 0.15) is 27.8 Å². The number of benzene rings is 2. The van der Waals surface area contributed by atoms with Crippen molar-refractivity contribution in [1.29, 1.82) is 0 Å². The number of hydrogen-bond acceptors (Lipinski definition) is 6. The van der Waals surface area contributed by atoms with Crippen LogP contribution in [0.2, 0.25) is 0 Å². The van der Waals surface area contributed by atoms with E-state index in [1.54, 1.807) is 0 Å². The monoisotopic (exact) mass is 470 g/mol. The maximum absolute atomic E-state index is 13.6. The average Bonchev–Trinajstić information content (AvgIpc) is 3.20. The number of halogens is 2. The zero-order valence-corrected chi connectivity index (χ0v) is 19.8. The number of nitrogens with one attached hydrogen (secondary N) is 1. The first kappa shape index (κ1) is 22.7. The Balaban J connectivity index is 0.00000289. The number of anilines is 3. The molecule has 34 heavy (non-hydrogen) atoms. The van der Waals surface area contributed by atoms with Crippen LogP contribution in [-0.4, -0.2) is 65.1 Å². The SMILES string of the molecule is CC(C)(C)c1cc(Nc2ncn(-c3cc(F)cc(F)c3)n2)cc(N2CCN(C3COC3)CC2)c1.[HH]. The fourth-order valence-corrected chi connectivity index (χ4v) is 4.32. The highest BCUT2D eigenvalue weighted by Crippen LogP contribution is 2.32. The summed E-state index contributed by atoms with van der Waals surface area (Å²) in [6, 6.07) is 10.3. The van der Waals surface area contributed by atoms with Gasteiger partial charge in [-0.2, -0.15) is 4.98 Å². The molecule has 2 fully saturated rings. The Bertz CT molecular complexity index is 1150. The van der Waals surface area contributed by atoms with Gasteiger partial charge in [0.25, 0.3) is 0 Å². The second-order valence-corrected chi connectivity index (χ2v) is 10.00. The smallest absolute Gasteiger partial charge is 0.246 e. The lowest BCUT2D eigenvalue weighted by Gasteiger charge is -2.43. The van der Waals surface area contributed by atoms with E-state index in [0.29, 0.717) is 12.0 Å². The van der Waals surface area contributed by atoms with E-state index in [1.165, 1.54) is 28.7 Å². The molecule has 0 atom stereocenters. The van der Waals surface area contributed by atoms with E-state index in [9.17, 15) is 8.78 Å². The third-order valence-corrected chi connectivity index (χ3v) is 6.46. The number of nitrogens with zero attached hydrogens (tertiary/aromatic N) is 5. The van der Waals surface area contributed by atoms with Crippen molar-refractivity contribution >= 4 is 17.3 Å². The second kappa shape index (κ2) is 8.96. The summed E-state index contributed by atoms with van der Waals surface area (Å²) in [4.78, 5) is 9.22. The molecule has 5 rings (SSSR count). The van der Waals surface area contributed by atoms with E-state index in [0.717, 1.165) is 56.8 Å². The molecule has 0 radical (unpaired) electrons. The molecule has 0 bridgehead atoms. The Morgan fingerprint density at radius 1 is 0.941 bits per heavy atom. The Morgan fingerprint density at radius 2 is 1.65 bits per heavy atom. The highest BCUT2D eigenvalue weighted by Gasteiger charge is 2.29. The summed E-state index contributed by atoms with van der Waals surface area (Å²) in [5.41, 5.74) is 3.47. The van der Waals surface area contributed by atoms with Gasteiger partial charge in [-0.25, -0.2) is 13.5 Å². The molecule has 1 N–H and O–H groups in total. The van der Waals surface area contributed by atoms with Gasteiger partial charge in [-0.15, -0.1) is 5.10 Å². The number of rotatable bonds is 5. The lowest BCUT2D eigenvalue weighted by Crippen LogP contribution is -2.56. The Morgan fingerprint density at radius 3 is 2.26 bits per heavy atom. The standard InChI is InChI=1S/C25H30F2N6O.H2/c1-25(2,3)17-8-20(13-21(9-17)31-4-6-32(7-5-31)23-14-34-15-23)29-24-28-16-33(30-24)22-11-18(26)10-19(27)12-22;/h8-13,16,23H,4-7,14-15H2,1-3H3,(H,29,30);1H. The maximum atomic E-state index is 13.6. The fraction of sp³-hybridized carbons (Fsp3) is 0.440. The molecule has 0 aliphatic carbocycles. The third kappa shape index (κ3) is 4.90. The highest BCUT2D eigenvalue weighted by atomic mass is 19.1. The van der Waals surface area contributed by atoms with E-state index in [2.05, 4.69) is 64.2 Å². The van der Waals surface area contributed by atoms with Gasteiger partial charge < -0.3 is 15.0 Å². The van der Waals surface area contributed by atoms with Gasteiger partial charge in [0.1, 0.15) is 18.0 Å². The molecule has 0 unspecified atom stereocenters. The van der Waals surface area contributed by atoms with Crippen molar-refractivity contribution < 1.29 is 14.9 Å². The minimum atomic E-state index is -0.660. The predicted molar refractivity (Wildman–Crippen MR) is 130 cm³/mol. The molecule has 3 aromatic rings. The van der Waals surface area contributed by atoms with Crippen LogP contribution in [0.25, 0.3) is 5.69 Å². The van der Waals surface area contributed by atoms with Crippen molar-refractivity contribution in [1.82, 2.24) is 19.7 Å². The minimum absolute atomic E-state index is 0. The Kier molecular flexibility index (Phi) is 5.99. The molecular weight excluding hydrogens is 438 g/mol. The number of hydrogen-bond donors (Lipinski definition) is 1. The van der Waals surface area contributed by atoms with Crippen LogP contribution in [0.5, 0.6) is 0 Å². The lowest BCUT2D eigenvalue weighted by atomic mass is 9.86. The molecular formula is C25H32F2N6O. The molecule has 2 saturated heterocycles. The van der Waals surface area contributed by atoms with E-state index in [-0.39, 0.29) is 12.5 Å². The minimum Gasteiger partial charge on any atom is -0.378 e. The van der Waals surface area contributed by atoms with Gasteiger partial charge in [0, 0.05) is 45.0 Å². The van der Waals surface area contributed by atoms with Crippen molar-refractivity contribution in [3.63, 3.8) is 0 Å². The first-order valence-electron chi connectivity index (χ1n) is 11.6. The topological polar surface area (TPSA) is 58.5 Å². The van der Waals surface area contributed by atoms with E-state index < -0.39 is 11.6 Å². The molecule has 2 aromatic carbocycles. The Hall–Kier alpha value is -3.04. The molecule has 2 aliphatic heterocycles. The number of ether oxygens (including phenoxy) is 1. The average molecular weight is 471 g/mol. The molecule has 182 valence electrons. The summed E-state index contributed by atoms with van der Waals surface area (Å²) in [5.74, 6) is -0.962. The summed E-state index contributed by atoms with van der Waals surface area (Å²) in [7, 11) is 0. The van der Waals surface area contributed by atoms with Crippen molar-refractivity contribution in [2.75, 3.05) is 49.6 Å². The maximum Gasteiger partial charge on any atom is 0.246 e. The molecule has 0 amide bonds. The van der Waals surface area contributed by atoms with Crippen molar-refractivity contribution in [2.24, 2.45) is 0 Å². The van der Waals surface area contributed by atoms with Crippen molar-refractivity contribution in [3.05, 3.63) is 59.9 Å². The zero-order chi connectivity index (χ0) is 23.9. The van der Waals surface area contributed by atoms with E-state index in [1.807, 2.05) is 0 Å². The molecule has 9 heteroatoms. The molecule has 0 saturated carbocycles. The predicted octanol–water partition coefficient (Wildman–Crippen LogP) is 4.35. The summed E-state index contributed by atoms with van der Waals surface area (Å²) < 4.78 is 33.9. The first-order chi connectivity index (χ1) is 16.2. The zero-order valence-electron chi connectivity index (χ0n) is 19.8. The molecule has 2 aliphatic rings. The lowest BCUT2D eigenvalue weighted by molar-refractivity contribution is -0.0660. The van der Waals surface area contributed by atoms with Gasteiger partial charge in [0.05, 0.1) is 24.9 Å². The van der Waals surface area contributed by atoms with Crippen LogP contribution in [0.3, 0.4) is 0 Å². The quantitative estimate of drug-likeness (QED) is 0.598. The van der Waals surface area contributed by atoms with E-state index in [4.69, 9.17) is 4.74 Å². The molecule has 0 spiro atoms. The van der Waals surface area contributed by atoms with Crippen molar-refractivity contribution in [2.45, 2.75) is 32.2 Å². The molecule has 3 heterocycles. The van der Waals surface area contributed by atoms with Gasteiger partial charge >= 0.3 is 0 Å². The van der Waals surface area contributed by atoms with Gasteiger partial charge in [-0.1, -0.05) is 20.8 Å². The Labute approximate surface area is 199 Å². The van der Waals surface area contributed by atoms with Crippen LogP contribution < -0.4 is 10.2 Å². The fourth-order valence-electron chi connectivity index (χ4n) is 4.32. The largest absolute Gasteiger partial charge is 0.378 e. The molecule has 7 nitrogen and oxygen atoms in total. The van der Waals surface area contributed by atoms with E-state index >= 15 is 0 Å². The summed E-state index contributed by atoms with van der Waals surface area (Å²) in [6.07, 6.45) is 1.44. The highest BCUT2D eigenvalue weighted by molar-refractivity contribution is 5.65. The van der Waals surface area contributed by atoms with Crippen LogP contribution in [-0.2, 0) is 10.2 Å².